The molecule has 2 aliphatic rings. The maximum absolute atomic E-state index is 12.1. The number of aromatic nitrogens is 1. The van der Waals surface area contributed by atoms with E-state index in [-0.39, 0.29) is 11.8 Å². The molecule has 1 atom stereocenters. The standard InChI is InChI=1S/C25H27ClN4O2S/c1-15-9-17(26)10-20(21(15)14-29-8-7-27-12-16(29)2)19-5-6-28-22-11-18(33-25(19)22)13-30-23(31)3-4-24(30)32/h5-6,9-11,16,27H,3-4,7-8,12-14H2,1-2H3. The number of halogens is 1. The number of hydrogen-bond acceptors (Lipinski definition) is 6. The summed E-state index contributed by atoms with van der Waals surface area (Å²) in [6, 6.07) is 8.60. The van der Waals surface area contributed by atoms with Gasteiger partial charge in [0.1, 0.15) is 0 Å². The molecule has 0 spiro atoms. The lowest BCUT2D eigenvalue weighted by molar-refractivity contribution is -0.138. The third-order valence-electron chi connectivity index (χ3n) is 6.66. The third-order valence-corrected chi connectivity index (χ3v) is 8.02. The van der Waals surface area contributed by atoms with Crippen LogP contribution in [0.15, 0.2) is 30.5 Å². The van der Waals surface area contributed by atoms with Crippen molar-refractivity contribution < 1.29 is 9.59 Å². The number of thiophene rings is 1. The van der Waals surface area contributed by atoms with Crippen LogP contribution in [-0.4, -0.2) is 52.3 Å². The summed E-state index contributed by atoms with van der Waals surface area (Å²) in [7, 11) is 0. The molecule has 2 aromatic heterocycles. The average molecular weight is 483 g/mol. The van der Waals surface area contributed by atoms with Gasteiger partial charge in [0.15, 0.2) is 0 Å². The number of carbonyl (C=O) groups excluding carboxylic acids is 2. The maximum Gasteiger partial charge on any atom is 0.230 e. The summed E-state index contributed by atoms with van der Waals surface area (Å²) in [5, 5.41) is 4.18. The molecule has 172 valence electrons. The van der Waals surface area contributed by atoms with Crippen LogP contribution < -0.4 is 5.32 Å². The molecule has 4 heterocycles. The Kier molecular flexibility index (Phi) is 6.22. The predicted octanol–water partition coefficient (Wildman–Crippen LogP) is 4.37. The van der Waals surface area contributed by atoms with Gasteiger partial charge in [-0.3, -0.25) is 24.4 Å². The van der Waals surface area contributed by atoms with Crippen LogP contribution in [0.5, 0.6) is 0 Å². The summed E-state index contributed by atoms with van der Waals surface area (Å²) in [4.78, 5) is 33.6. The number of carbonyl (C=O) groups is 2. The van der Waals surface area contributed by atoms with E-state index < -0.39 is 0 Å². The number of pyridine rings is 1. The van der Waals surface area contributed by atoms with Gasteiger partial charge in [-0.05, 0) is 54.8 Å². The minimum atomic E-state index is -0.0940. The molecule has 1 aromatic carbocycles. The second kappa shape index (κ2) is 9.14. The lowest BCUT2D eigenvalue weighted by Gasteiger charge is -2.35. The minimum Gasteiger partial charge on any atom is -0.314 e. The fraction of sp³-hybridized carbons (Fsp3) is 0.400. The Balaban J connectivity index is 1.55. The molecule has 0 aliphatic carbocycles. The van der Waals surface area contributed by atoms with Crippen LogP contribution in [0, 0.1) is 6.92 Å². The molecule has 6 nitrogen and oxygen atoms in total. The molecule has 5 rings (SSSR count). The number of fused-ring (bicyclic) bond motifs is 1. The smallest absolute Gasteiger partial charge is 0.230 e. The van der Waals surface area contributed by atoms with Crippen molar-refractivity contribution in [2.24, 2.45) is 0 Å². The zero-order valence-electron chi connectivity index (χ0n) is 18.9. The van der Waals surface area contributed by atoms with Crippen molar-refractivity contribution in [3.05, 3.63) is 51.5 Å². The van der Waals surface area contributed by atoms with Gasteiger partial charge < -0.3 is 5.32 Å². The Labute approximate surface area is 202 Å². The number of imide groups is 1. The van der Waals surface area contributed by atoms with Crippen LogP contribution in [0.3, 0.4) is 0 Å². The highest BCUT2D eigenvalue weighted by atomic mass is 35.5. The van der Waals surface area contributed by atoms with Gasteiger partial charge in [-0.25, -0.2) is 0 Å². The van der Waals surface area contributed by atoms with Crippen LogP contribution in [0.2, 0.25) is 5.02 Å². The van der Waals surface area contributed by atoms with Crippen molar-refractivity contribution >= 4 is 45.0 Å². The van der Waals surface area contributed by atoms with Gasteiger partial charge in [0.25, 0.3) is 0 Å². The van der Waals surface area contributed by atoms with Gasteiger partial charge in [0, 0.05) is 66.7 Å². The van der Waals surface area contributed by atoms with Gasteiger partial charge in [-0.15, -0.1) is 11.3 Å². The highest BCUT2D eigenvalue weighted by molar-refractivity contribution is 7.19. The number of likely N-dealkylation sites (tertiary alicyclic amines) is 1. The fourth-order valence-corrected chi connectivity index (χ4v) is 6.18. The van der Waals surface area contributed by atoms with Crippen molar-refractivity contribution in [1.82, 2.24) is 20.1 Å². The van der Waals surface area contributed by atoms with E-state index in [0.29, 0.717) is 25.4 Å². The Morgan fingerprint density at radius 3 is 2.70 bits per heavy atom. The van der Waals surface area contributed by atoms with Gasteiger partial charge in [-0.1, -0.05) is 11.6 Å². The first-order chi connectivity index (χ1) is 15.9. The molecule has 1 N–H and O–H groups in total. The minimum absolute atomic E-state index is 0.0940. The van der Waals surface area contributed by atoms with Crippen molar-refractivity contribution in [2.75, 3.05) is 19.6 Å². The van der Waals surface area contributed by atoms with Crippen molar-refractivity contribution in [3.63, 3.8) is 0 Å². The zero-order chi connectivity index (χ0) is 23.1. The Hall–Kier alpha value is -2.32. The maximum atomic E-state index is 12.1. The predicted molar refractivity (Wildman–Crippen MR) is 132 cm³/mol. The molecule has 2 saturated heterocycles. The number of hydrogen-bond donors (Lipinski definition) is 1. The van der Waals surface area contributed by atoms with E-state index in [9.17, 15) is 9.59 Å². The largest absolute Gasteiger partial charge is 0.314 e. The second-order valence-electron chi connectivity index (χ2n) is 8.93. The van der Waals surface area contributed by atoms with Crippen molar-refractivity contribution in [2.45, 2.75) is 45.8 Å². The second-order valence-corrected chi connectivity index (χ2v) is 10.5. The Morgan fingerprint density at radius 1 is 1.15 bits per heavy atom. The number of rotatable bonds is 5. The quantitative estimate of drug-likeness (QED) is 0.547. The molecular weight excluding hydrogens is 456 g/mol. The van der Waals surface area contributed by atoms with E-state index in [0.717, 1.165) is 57.4 Å². The SMILES string of the molecule is Cc1cc(Cl)cc(-c2ccnc3cc(CN4C(=O)CCC4=O)sc23)c1CN1CCNCC1C. The number of nitrogens with one attached hydrogen (secondary N) is 1. The fourth-order valence-electron chi connectivity index (χ4n) is 4.78. The number of amides is 2. The first-order valence-corrected chi connectivity index (χ1v) is 12.5. The number of piperazine rings is 1. The van der Waals surface area contributed by atoms with Gasteiger partial charge >= 0.3 is 0 Å². The molecule has 2 aliphatic heterocycles. The van der Waals surface area contributed by atoms with Crippen LogP contribution in [0.1, 0.15) is 35.8 Å². The highest BCUT2D eigenvalue weighted by Crippen LogP contribution is 2.39. The zero-order valence-corrected chi connectivity index (χ0v) is 20.4. The number of nitrogens with zero attached hydrogens (tertiary/aromatic N) is 3. The lowest BCUT2D eigenvalue weighted by Crippen LogP contribution is -2.49. The summed E-state index contributed by atoms with van der Waals surface area (Å²) >= 11 is 8.13. The Morgan fingerprint density at radius 2 is 1.94 bits per heavy atom. The van der Waals surface area contributed by atoms with E-state index in [1.807, 2.05) is 24.4 Å². The monoisotopic (exact) mass is 482 g/mol. The molecule has 0 radical (unpaired) electrons. The molecule has 3 aromatic rings. The van der Waals surface area contributed by atoms with Crippen LogP contribution >= 0.6 is 22.9 Å². The summed E-state index contributed by atoms with van der Waals surface area (Å²) < 4.78 is 1.06. The van der Waals surface area contributed by atoms with Gasteiger partial charge in [-0.2, -0.15) is 0 Å². The number of aryl methyl sites for hydroxylation is 1. The summed E-state index contributed by atoms with van der Waals surface area (Å²) in [6.07, 6.45) is 2.44. The van der Waals surface area contributed by atoms with E-state index in [1.54, 1.807) is 11.3 Å². The van der Waals surface area contributed by atoms with Gasteiger partial charge in [0.05, 0.1) is 16.8 Å². The normalized spacial score (nSPS) is 19.7. The Bertz CT molecular complexity index is 1220. The van der Waals surface area contributed by atoms with Crippen molar-refractivity contribution in [1.29, 1.82) is 0 Å². The van der Waals surface area contributed by atoms with E-state index in [4.69, 9.17) is 11.6 Å². The molecule has 1 unspecified atom stereocenters. The van der Waals surface area contributed by atoms with E-state index >= 15 is 0 Å². The summed E-state index contributed by atoms with van der Waals surface area (Å²) in [5.41, 5.74) is 5.56. The molecular formula is C25H27ClN4O2S. The van der Waals surface area contributed by atoms with Crippen LogP contribution in [0.25, 0.3) is 21.3 Å². The number of benzene rings is 1. The van der Waals surface area contributed by atoms with Crippen LogP contribution in [-0.2, 0) is 22.7 Å². The third kappa shape index (κ3) is 4.43. The first-order valence-electron chi connectivity index (χ1n) is 11.4. The van der Waals surface area contributed by atoms with E-state index in [1.165, 1.54) is 16.0 Å². The molecule has 0 bridgehead atoms. The summed E-state index contributed by atoms with van der Waals surface area (Å²) in [5.74, 6) is -0.188. The van der Waals surface area contributed by atoms with E-state index in [2.05, 4.69) is 35.1 Å². The molecule has 33 heavy (non-hydrogen) atoms. The van der Waals surface area contributed by atoms with Crippen molar-refractivity contribution in [3.8, 4) is 11.1 Å². The molecule has 2 fully saturated rings. The molecule has 2 amide bonds. The van der Waals surface area contributed by atoms with Crippen LogP contribution in [0.4, 0.5) is 0 Å². The molecule has 0 saturated carbocycles. The first kappa shape index (κ1) is 22.5. The topological polar surface area (TPSA) is 65.5 Å². The average Bonchev–Trinajstić information content (AvgIpc) is 3.34. The van der Waals surface area contributed by atoms with Gasteiger partial charge in [0.2, 0.25) is 11.8 Å². The molecule has 8 heteroatoms. The highest BCUT2D eigenvalue weighted by Gasteiger charge is 2.29. The lowest BCUT2D eigenvalue weighted by atomic mass is 9.95. The summed E-state index contributed by atoms with van der Waals surface area (Å²) in [6.45, 7) is 8.56.